The zero-order valence-electron chi connectivity index (χ0n) is 9.57. The van der Waals surface area contributed by atoms with E-state index in [2.05, 4.69) is 15.1 Å². The number of hydrogen-bond donors (Lipinski definition) is 1. The number of nitrogens with zero attached hydrogens (tertiary/aromatic N) is 3. The molecule has 16 heavy (non-hydrogen) atoms. The normalized spacial score (nSPS) is 17.9. The Hall–Kier alpha value is -0.870. The Labute approximate surface area is 100 Å². The summed E-state index contributed by atoms with van der Waals surface area (Å²) in [7, 11) is 0. The van der Waals surface area contributed by atoms with Crippen LogP contribution in [0.4, 0.5) is 5.82 Å². The Morgan fingerprint density at radius 2 is 1.81 bits per heavy atom. The van der Waals surface area contributed by atoms with Crippen molar-refractivity contribution in [1.82, 2.24) is 10.2 Å². The predicted molar refractivity (Wildman–Crippen MR) is 64.0 cm³/mol. The second-order valence-electron chi connectivity index (χ2n) is 4.28. The minimum Gasteiger partial charge on any atom is -0.393 e. The fourth-order valence-corrected chi connectivity index (χ4v) is 2.12. The molecule has 1 aliphatic rings. The molecular weight excluding hydrogens is 226 g/mol. The summed E-state index contributed by atoms with van der Waals surface area (Å²) in [6.45, 7) is 5.63. The van der Waals surface area contributed by atoms with E-state index < -0.39 is 0 Å². The summed E-state index contributed by atoms with van der Waals surface area (Å²) in [6, 6.07) is 0. The molecule has 5 heteroatoms. The van der Waals surface area contributed by atoms with E-state index in [4.69, 9.17) is 11.6 Å². The van der Waals surface area contributed by atoms with E-state index in [0.29, 0.717) is 5.15 Å². The van der Waals surface area contributed by atoms with Crippen molar-refractivity contribution in [3.05, 3.63) is 16.3 Å². The summed E-state index contributed by atoms with van der Waals surface area (Å²) in [5.74, 6) is 0.897. The molecule has 1 aliphatic heterocycles. The molecule has 0 amide bonds. The van der Waals surface area contributed by atoms with Crippen molar-refractivity contribution in [2.24, 2.45) is 0 Å². The van der Waals surface area contributed by atoms with Gasteiger partial charge in [0, 0.05) is 13.1 Å². The lowest BCUT2D eigenvalue weighted by Gasteiger charge is -2.31. The first-order valence-corrected chi connectivity index (χ1v) is 5.89. The Morgan fingerprint density at radius 1 is 1.19 bits per heavy atom. The number of anilines is 1. The minimum atomic E-state index is -0.169. The number of aliphatic hydroxyl groups is 1. The summed E-state index contributed by atoms with van der Waals surface area (Å²) >= 11 is 5.92. The van der Waals surface area contributed by atoms with E-state index in [-0.39, 0.29) is 6.10 Å². The van der Waals surface area contributed by atoms with Crippen LogP contribution in [0.5, 0.6) is 0 Å². The van der Waals surface area contributed by atoms with Crippen LogP contribution in [0.15, 0.2) is 0 Å². The summed E-state index contributed by atoms with van der Waals surface area (Å²) in [6.07, 6.45) is 1.42. The van der Waals surface area contributed by atoms with Crippen molar-refractivity contribution >= 4 is 17.4 Å². The summed E-state index contributed by atoms with van der Waals surface area (Å²) in [5, 5.41) is 18.0. The molecule has 2 heterocycles. The topological polar surface area (TPSA) is 49.2 Å². The Morgan fingerprint density at radius 3 is 2.44 bits per heavy atom. The third kappa shape index (κ3) is 2.13. The average molecular weight is 242 g/mol. The van der Waals surface area contributed by atoms with Gasteiger partial charge in [0.05, 0.1) is 6.10 Å². The van der Waals surface area contributed by atoms with Crippen LogP contribution in [0.3, 0.4) is 0 Å². The fourth-order valence-electron chi connectivity index (χ4n) is 1.94. The molecule has 0 aromatic carbocycles. The van der Waals surface area contributed by atoms with Gasteiger partial charge in [-0.25, -0.2) is 0 Å². The highest BCUT2D eigenvalue weighted by atomic mass is 35.5. The van der Waals surface area contributed by atoms with Crippen molar-refractivity contribution in [2.75, 3.05) is 18.0 Å². The highest BCUT2D eigenvalue weighted by Crippen LogP contribution is 2.25. The van der Waals surface area contributed by atoms with Crippen molar-refractivity contribution in [3.8, 4) is 0 Å². The van der Waals surface area contributed by atoms with E-state index >= 15 is 0 Å². The van der Waals surface area contributed by atoms with Crippen LogP contribution in [-0.2, 0) is 0 Å². The lowest BCUT2D eigenvalue weighted by Crippen LogP contribution is -2.37. The van der Waals surface area contributed by atoms with Crippen LogP contribution in [-0.4, -0.2) is 34.5 Å². The predicted octanol–water partition coefficient (Wildman–Crippen LogP) is 1.71. The van der Waals surface area contributed by atoms with E-state index in [1.54, 1.807) is 0 Å². The van der Waals surface area contributed by atoms with Crippen molar-refractivity contribution < 1.29 is 5.11 Å². The van der Waals surface area contributed by atoms with Gasteiger partial charge in [0.2, 0.25) is 0 Å². The summed E-state index contributed by atoms with van der Waals surface area (Å²) < 4.78 is 0. The minimum absolute atomic E-state index is 0.169. The first kappa shape index (κ1) is 11.6. The molecule has 2 rings (SSSR count). The molecule has 1 saturated heterocycles. The Balaban J connectivity index is 2.24. The molecule has 4 nitrogen and oxygen atoms in total. The SMILES string of the molecule is Cc1c(Cl)nnc(N2CCC(O)CC2)c1C. The third-order valence-corrected chi connectivity index (χ3v) is 3.56. The molecule has 0 saturated carbocycles. The second kappa shape index (κ2) is 4.55. The fraction of sp³-hybridized carbons (Fsp3) is 0.636. The molecule has 1 N–H and O–H groups in total. The summed E-state index contributed by atoms with van der Waals surface area (Å²) in [4.78, 5) is 2.17. The first-order chi connectivity index (χ1) is 7.59. The quantitative estimate of drug-likeness (QED) is 0.813. The lowest BCUT2D eigenvalue weighted by molar-refractivity contribution is 0.145. The van der Waals surface area contributed by atoms with Gasteiger partial charge in [-0.05, 0) is 37.8 Å². The molecule has 1 aromatic rings. The first-order valence-electron chi connectivity index (χ1n) is 5.52. The highest BCUT2D eigenvalue weighted by Gasteiger charge is 2.21. The van der Waals surface area contributed by atoms with Gasteiger partial charge >= 0.3 is 0 Å². The molecule has 0 bridgehead atoms. The summed E-state index contributed by atoms with van der Waals surface area (Å²) in [5.41, 5.74) is 2.06. The monoisotopic (exact) mass is 241 g/mol. The van der Waals surface area contributed by atoms with Gasteiger partial charge in [0.15, 0.2) is 11.0 Å². The number of aliphatic hydroxyl groups excluding tert-OH is 1. The van der Waals surface area contributed by atoms with Crippen LogP contribution in [0.1, 0.15) is 24.0 Å². The number of aromatic nitrogens is 2. The molecular formula is C11H16ClN3O. The number of hydrogen-bond acceptors (Lipinski definition) is 4. The van der Waals surface area contributed by atoms with Gasteiger partial charge in [-0.15, -0.1) is 10.2 Å². The van der Waals surface area contributed by atoms with E-state index in [1.165, 1.54) is 0 Å². The molecule has 1 aromatic heterocycles. The molecule has 0 unspecified atom stereocenters. The molecule has 1 fully saturated rings. The van der Waals surface area contributed by atoms with Gasteiger partial charge in [-0.1, -0.05) is 11.6 Å². The van der Waals surface area contributed by atoms with Crippen LogP contribution in [0.25, 0.3) is 0 Å². The maximum Gasteiger partial charge on any atom is 0.155 e. The molecule has 0 atom stereocenters. The van der Waals surface area contributed by atoms with E-state index in [0.717, 1.165) is 42.9 Å². The highest BCUT2D eigenvalue weighted by molar-refractivity contribution is 6.30. The largest absolute Gasteiger partial charge is 0.393 e. The Kier molecular flexibility index (Phi) is 3.30. The standard InChI is InChI=1S/C11H16ClN3O/c1-7-8(2)11(14-13-10(7)12)15-5-3-9(16)4-6-15/h9,16H,3-6H2,1-2H3. The lowest BCUT2D eigenvalue weighted by atomic mass is 10.1. The molecule has 0 aliphatic carbocycles. The van der Waals surface area contributed by atoms with Gasteiger partial charge in [0.25, 0.3) is 0 Å². The number of piperidine rings is 1. The van der Waals surface area contributed by atoms with Gasteiger partial charge in [0.1, 0.15) is 0 Å². The molecule has 0 radical (unpaired) electrons. The smallest absolute Gasteiger partial charge is 0.155 e. The van der Waals surface area contributed by atoms with Gasteiger partial charge < -0.3 is 10.0 Å². The number of halogens is 1. The van der Waals surface area contributed by atoms with Gasteiger partial charge in [-0.2, -0.15) is 0 Å². The Bertz CT molecular complexity index is 389. The second-order valence-corrected chi connectivity index (χ2v) is 4.64. The zero-order chi connectivity index (χ0) is 11.7. The van der Waals surface area contributed by atoms with E-state index in [9.17, 15) is 5.11 Å². The van der Waals surface area contributed by atoms with Crippen molar-refractivity contribution in [2.45, 2.75) is 32.8 Å². The maximum absolute atomic E-state index is 9.46. The third-order valence-electron chi connectivity index (χ3n) is 3.20. The maximum atomic E-state index is 9.46. The van der Waals surface area contributed by atoms with Crippen LogP contribution in [0.2, 0.25) is 5.15 Å². The van der Waals surface area contributed by atoms with Crippen LogP contribution in [0, 0.1) is 13.8 Å². The van der Waals surface area contributed by atoms with Crippen molar-refractivity contribution in [1.29, 1.82) is 0 Å². The number of rotatable bonds is 1. The van der Waals surface area contributed by atoms with Crippen molar-refractivity contribution in [3.63, 3.8) is 0 Å². The molecule has 88 valence electrons. The van der Waals surface area contributed by atoms with Gasteiger partial charge in [-0.3, -0.25) is 0 Å². The average Bonchev–Trinajstić information content (AvgIpc) is 2.28. The van der Waals surface area contributed by atoms with E-state index in [1.807, 2.05) is 13.8 Å². The van der Waals surface area contributed by atoms with Crippen LogP contribution < -0.4 is 4.90 Å². The van der Waals surface area contributed by atoms with Crippen LogP contribution >= 0.6 is 11.6 Å². The zero-order valence-corrected chi connectivity index (χ0v) is 10.3. The molecule has 0 spiro atoms.